The Kier molecular flexibility index (Phi) is 5.80. The van der Waals surface area contributed by atoms with E-state index in [4.69, 9.17) is 4.74 Å². The van der Waals surface area contributed by atoms with Gasteiger partial charge in [0, 0.05) is 25.2 Å². The molecule has 0 fully saturated rings. The normalized spacial score (nSPS) is 19.9. The van der Waals surface area contributed by atoms with Crippen molar-refractivity contribution in [2.24, 2.45) is 12.0 Å². The highest BCUT2D eigenvalue weighted by atomic mass is 127. The Morgan fingerprint density at radius 2 is 2.00 bits per heavy atom. The first-order chi connectivity index (χ1) is 13.4. The lowest BCUT2D eigenvalue weighted by atomic mass is 9.87. The second-order valence-corrected chi connectivity index (χ2v) is 7.79. The first kappa shape index (κ1) is 21.8. The summed E-state index contributed by atoms with van der Waals surface area (Å²) in [4.78, 5) is 4.43. The minimum absolute atomic E-state index is 0.0136. The van der Waals surface area contributed by atoms with Crippen LogP contribution in [0.1, 0.15) is 24.5 Å². The first-order valence-corrected chi connectivity index (χ1v) is 9.40. The number of benzene rings is 1. The Balaban J connectivity index is 2.25. The van der Waals surface area contributed by atoms with Crippen molar-refractivity contribution in [3.8, 4) is 11.5 Å². The summed E-state index contributed by atoms with van der Waals surface area (Å²) >= 11 is 1.80. The van der Waals surface area contributed by atoms with E-state index in [9.17, 15) is 26.3 Å². The summed E-state index contributed by atoms with van der Waals surface area (Å²) in [5, 5.41) is 0. The Morgan fingerprint density at radius 1 is 1.31 bits per heavy atom. The van der Waals surface area contributed by atoms with Crippen molar-refractivity contribution in [1.82, 2.24) is 4.57 Å². The molecule has 0 saturated carbocycles. The minimum atomic E-state index is -4.76. The van der Waals surface area contributed by atoms with Gasteiger partial charge in [0.2, 0.25) is 0 Å². The zero-order valence-electron chi connectivity index (χ0n) is 15.2. The van der Waals surface area contributed by atoms with Gasteiger partial charge in [0.1, 0.15) is 0 Å². The Labute approximate surface area is 175 Å². The number of fused-ring (bicyclic) bond motifs is 1. The molecule has 0 spiro atoms. The standard InChI is InChI=1S/C18H15F6IN2O2/c1-17(5-6-28-14-10(17)3-4-11(25)13(14)19)26-15-12(29-16(20)21)7-9(8-27(15)2)18(22,23)24/h3-4,7-8,16H,5-6H2,1-2H3/b26-15-/t17-/m0/s1. The van der Waals surface area contributed by atoms with Gasteiger partial charge in [0.15, 0.2) is 22.8 Å². The summed E-state index contributed by atoms with van der Waals surface area (Å²) in [7, 11) is 1.24. The third-order valence-corrected chi connectivity index (χ3v) is 5.37. The Morgan fingerprint density at radius 3 is 2.62 bits per heavy atom. The number of nitrogens with zero attached hydrogens (tertiary/aromatic N) is 2. The van der Waals surface area contributed by atoms with Crippen molar-refractivity contribution < 1.29 is 35.8 Å². The predicted octanol–water partition coefficient (Wildman–Crippen LogP) is 4.99. The molecule has 1 aliphatic rings. The van der Waals surface area contributed by atoms with E-state index in [0.29, 0.717) is 15.2 Å². The van der Waals surface area contributed by atoms with Gasteiger partial charge in [-0.2, -0.15) is 22.0 Å². The van der Waals surface area contributed by atoms with Crippen LogP contribution in [0.25, 0.3) is 0 Å². The van der Waals surface area contributed by atoms with Crippen LogP contribution in [-0.2, 0) is 18.8 Å². The molecule has 0 aliphatic carbocycles. The second-order valence-electron chi connectivity index (χ2n) is 6.63. The largest absolute Gasteiger partial charge is 0.490 e. The Bertz CT molecular complexity index is 1010. The van der Waals surface area contributed by atoms with Gasteiger partial charge in [0.25, 0.3) is 0 Å². The number of hydrogen-bond acceptors (Lipinski definition) is 3. The topological polar surface area (TPSA) is 35.8 Å². The van der Waals surface area contributed by atoms with Crippen molar-refractivity contribution in [3.05, 3.63) is 50.4 Å². The fourth-order valence-electron chi connectivity index (χ4n) is 3.09. The molecule has 0 bridgehead atoms. The number of aromatic nitrogens is 1. The summed E-state index contributed by atoms with van der Waals surface area (Å²) < 4.78 is 90.4. The van der Waals surface area contributed by atoms with Crippen LogP contribution in [0.4, 0.5) is 26.3 Å². The fraction of sp³-hybridized carbons (Fsp3) is 0.389. The van der Waals surface area contributed by atoms with E-state index in [0.717, 1.165) is 10.8 Å². The van der Waals surface area contributed by atoms with E-state index >= 15 is 0 Å². The average Bonchev–Trinajstić information content (AvgIpc) is 2.60. The van der Waals surface area contributed by atoms with Crippen LogP contribution in [0, 0.1) is 9.39 Å². The van der Waals surface area contributed by atoms with Crippen LogP contribution in [0.3, 0.4) is 0 Å². The van der Waals surface area contributed by atoms with Gasteiger partial charge in [-0.3, -0.25) is 4.99 Å². The van der Waals surface area contributed by atoms with Crippen molar-refractivity contribution in [1.29, 1.82) is 0 Å². The van der Waals surface area contributed by atoms with Gasteiger partial charge in [-0.15, -0.1) is 0 Å². The maximum Gasteiger partial charge on any atom is 0.417 e. The molecule has 0 radical (unpaired) electrons. The number of pyridine rings is 1. The SMILES string of the molecule is Cn1cc(C(F)(F)F)cc(OC(F)F)/c1=N/[C@@]1(C)CCOc2c1ccc(I)c2F. The van der Waals surface area contributed by atoms with Gasteiger partial charge in [0.05, 0.1) is 21.3 Å². The van der Waals surface area contributed by atoms with E-state index in [1.165, 1.54) is 13.1 Å². The molecule has 3 rings (SSSR count). The summed E-state index contributed by atoms with van der Waals surface area (Å²) in [5.74, 6) is -1.32. The molecule has 1 aromatic heterocycles. The van der Waals surface area contributed by atoms with Crippen molar-refractivity contribution in [2.45, 2.75) is 31.7 Å². The van der Waals surface area contributed by atoms with E-state index in [-0.39, 0.29) is 24.3 Å². The minimum Gasteiger partial charge on any atom is -0.490 e. The smallest absolute Gasteiger partial charge is 0.417 e. The molecular weight excluding hydrogens is 517 g/mol. The molecule has 0 N–H and O–H groups in total. The average molecular weight is 532 g/mol. The number of ether oxygens (including phenoxy) is 2. The van der Waals surface area contributed by atoms with Crippen LogP contribution < -0.4 is 15.0 Å². The molecule has 11 heteroatoms. The number of rotatable bonds is 3. The maximum atomic E-state index is 14.5. The molecule has 0 saturated heterocycles. The highest BCUT2D eigenvalue weighted by Gasteiger charge is 2.37. The highest BCUT2D eigenvalue weighted by Crippen LogP contribution is 2.42. The molecule has 1 atom stereocenters. The molecule has 29 heavy (non-hydrogen) atoms. The van der Waals surface area contributed by atoms with Gasteiger partial charge in [-0.05, 0) is 41.6 Å². The zero-order chi connectivity index (χ0) is 21.6. The van der Waals surface area contributed by atoms with Crippen molar-refractivity contribution in [2.75, 3.05) is 6.61 Å². The van der Waals surface area contributed by atoms with Gasteiger partial charge >= 0.3 is 12.8 Å². The molecule has 2 aromatic rings. The molecule has 4 nitrogen and oxygen atoms in total. The lowest BCUT2D eigenvalue weighted by Crippen LogP contribution is -2.34. The molecular formula is C18H15F6IN2O2. The van der Waals surface area contributed by atoms with Crippen LogP contribution in [0.15, 0.2) is 29.4 Å². The van der Waals surface area contributed by atoms with Gasteiger partial charge in [-0.1, -0.05) is 6.07 Å². The first-order valence-electron chi connectivity index (χ1n) is 8.32. The number of halogens is 7. The highest BCUT2D eigenvalue weighted by molar-refractivity contribution is 14.1. The summed E-state index contributed by atoms with van der Waals surface area (Å²) in [6.45, 7) is -1.62. The van der Waals surface area contributed by atoms with E-state index in [2.05, 4.69) is 9.73 Å². The lowest BCUT2D eigenvalue weighted by Gasteiger charge is -2.33. The third-order valence-electron chi connectivity index (χ3n) is 4.54. The van der Waals surface area contributed by atoms with Crippen LogP contribution in [0.2, 0.25) is 0 Å². The van der Waals surface area contributed by atoms with Gasteiger partial charge in [-0.25, -0.2) is 4.39 Å². The van der Waals surface area contributed by atoms with Crippen LogP contribution in [0.5, 0.6) is 11.5 Å². The molecule has 0 amide bonds. The molecule has 158 valence electrons. The van der Waals surface area contributed by atoms with Crippen molar-refractivity contribution in [3.63, 3.8) is 0 Å². The number of hydrogen-bond donors (Lipinski definition) is 0. The fourth-order valence-corrected chi connectivity index (χ4v) is 3.52. The monoisotopic (exact) mass is 532 g/mol. The van der Waals surface area contributed by atoms with Gasteiger partial charge < -0.3 is 14.0 Å². The number of alkyl halides is 5. The summed E-state index contributed by atoms with van der Waals surface area (Å²) in [6.07, 6.45) is -3.77. The van der Waals surface area contributed by atoms with E-state index in [1.807, 2.05) is 0 Å². The van der Waals surface area contributed by atoms with E-state index in [1.54, 1.807) is 35.6 Å². The molecule has 1 aliphatic heterocycles. The third kappa shape index (κ3) is 4.33. The summed E-state index contributed by atoms with van der Waals surface area (Å²) in [5.41, 5.74) is -2.15. The lowest BCUT2D eigenvalue weighted by molar-refractivity contribution is -0.138. The zero-order valence-corrected chi connectivity index (χ0v) is 17.3. The maximum absolute atomic E-state index is 14.5. The molecule has 2 heterocycles. The van der Waals surface area contributed by atoms with Crippen LogP contribution >= 0.6 is 22.6 Å². The molecule has 1 aromatic carbocycles. The Hall–Kier alpha value is -1.92. The van der Waals surface area contributed by atoms with Crippen LogP contribution in [-0.4, -0.2) is 17.8 Å². The predicted molar refractivity (Wildman–Crippen MR) is 99.2 cm³/mol. The van der Waals surface area contributed by atoms with Crippen molar-refractivity contribution >= 4 is 22.6 Å². The quantitative estimate of drug-likeness (QED) is 0.413. The molecule has 0 unspecified atom stereocenters. The second kappa shape index (κ2) is 7.73. The van der Waals surface area contributed by atoms with E-state index < -0.39 is 35.5 Å². The summed E-state index contributed by atoms with van der Waals surface area (Å²) in [6, 6.07) is 3.59. The number of aryl methyl sites for hydroxylation is 1.